The minimum Gasteiger partial charge on any atom is -0.384 e. The van der Waals surface area contributed by atoms with E-state index in [1.54, 1.807) is 6.92 Å². The molecule has 0 bridgehead atoms. The molecular formula is C9H14ClNO5S3. The summed E-state index contributed by atoms with van der Waals surface area (Å²) in [4.78, 5) is 0.570. The molecule has 1 unspecified atom stereocenters. The first-order chi connectivity index (χ1) is 8.65. The zero-order chi connectivity index (χ0) is 14.7. The van der Waals surface area contributed by atoms with Gasteiger partial charge in [0.15, 0.2) is 0 Å². The fraction of sp³-hybridized carbons (Fsp3) is 0.556. The van der Waals surface area contributed by atoms with Gasteiger partial charge in [-0.2, -0.15) is 0 Å². The molecular weight excluding hydrogens is 334 g/mol. The maximum atomic E-state index is 11.6. The predicted molar refractivity (Wildman–Crippen MR) is 74.6 cm³/mol. The molecule has 0 radical (unpaired) electrons. The van der Waals surface area contributed by atoms with Crippen LogP contribution in [0.1, 0.15) is 17.8 Å². The lowest BCUT2D eigenvalue weighted by atomic mass is 10.3. The van der Waals surface area contributed by atoms with E-state index in [1.165, 1.54) is 19.2 Å². The van der Waals surface area contributed by atoms with Crippen molar-refractivity contribution in [3.05, 3.63) is 17.0 Å². The molecule has 1 atom stereocenters. The van der Waals surface area contributed by atoms with Gasteiger partial charge in [0.1, 0.15) is 4.21 Å². The Balaban J connectivity index is 2.79. The van der Waals surface area contributed by atoms with Crippen LogP contribution in [0.4, 0.5) is 0 Å². The third-order valence-electron chi connectivity index (χ3n) is 2.18. The van der Waals surface area contributed by atoms with E-state index in [-0.39, 0.29) is 16.6 Å². The quantitative estimate of drug-likeness (QED) is 0.751. The van der Waals surface area contributed by atoms with Crippen LogP contribution in [0.5, 0.6) is 0 Å². The van der Waals surface area contributed by atoms with Crippen LogP contribution >= 0.6 is 22.0 Å². The maximum absolute atomic E-state index is 11.6. The average molecular weight is 348 g/mol. The van der Waals surface area contributed by atoms with Crippen LogP contribution in [0.25, 0.3) is 0 Å². The molecule has 10 heteroatoms. The van der Waals surface area contributed by atoms with E-state index in [4.69, 9.17) is 15.4 Å². The van der Waals surface area contributed by atoms with Gasteiger partial charge in [0.05, 0.1) is 18.4 Å². The van der Waals surface area contributed by atoms with Gasteiger partial charge in [0.25, 0.3) is 9.05 Å². The van der Waals surface area contributed by atoms with Crippen molar-refractivity contribution >= 4 is 41.1 Å². The highest BCUT2D eigenvalue weighted by Gasteiger charge is 2.19. The molecule has 6 nitrogen and oxygen atoms in total. The summed E-state index contributed by atoms with van der Waals surface area (Å²) < 4.78 is 52.7. The Morgan fingerprint density at radius 2 is 2.00 bits per heavy atom. The summed E-state index contributed by atoms with van der Waals surface area (Å²) in [6.07, 6.45) is 0. The number of sulfonamides is 1. The second kappa shape index (κ2) is 6.51. The van der Waals surface area contributed by atoms with E-state index in [2.05, 4.69) is 4.72 Å². The third-order valence-corrected chi connectivity index (χ3v) is 6.96. The van der Waals surface area contributed by atoms with E-state index in [1.807, 2.05) is 0 Å². The number of ether oxygens (including phenoxy) is 1. The van der Waals surface area contributed by atoms with Crippen molar-refractivity contribution in [1.82, 2.24) is 4.72 Å². The SMILES string of the molecule is COCCS(=O)(=O)NC(C)c1ccc(S(=O)(=O)Cl)s1. The van der Waals surface area contributed by atoms with Crippen LogP contribution in [0, 0.1) is 0 Å². The summed E-state index contributed by atoms with van der Waals surface area (Å²) in [5, 5.41) is 0. The normalized spacial score (nSPS) is 14.5. The molecule has 0 aromatic carbocycles. The van der Waals surface area contributed by atoms with Gasteiger partial charge in [-0.25, -0.2) is 21.6 Å². The Kier molecular flexibility index (Phi) is 5.78. The molecule has 0 aliphatic carbocycles. The molecule has 1 rings (SSSR count). The molecule has 19 heavy (non-hydrogen) atoms. The van der Waals surface area contributed by atoms with Crippen molar-refractivity contribution in [2.45, 2.75) is 17.2 Å². The molecule has 0 aliphatic heterocycles. The molecule has 0 saturated carbocycles. The van der Waals surface area contributed by atoms with Crippen LogP contribution in [0.15, 0.2) is 16.3 Å². The number of methoxy groups -OCH3 is 1. The van der Waals surface area contributed by atoms with Crippen molar-refractivity contribution in [3.63, 3.8) is 0 Å². The Hall–Kier alpha value is -0.190. The summed E-state index contributed by atoms with van der Waals surface area (Å²) in [6, 6.07) is 2.35. The lowest BCUT2D eigenvalue weighted by Crippen LogP contribution is -2.30. The lowest BCUT2D eigenvalue weighted by molar-refractivity contribution is 0.217. The zero-order valence-electron chi connectivity index (χ0n) is 10.3. The monoisotopic (exact) mass is 347 g/mol. The van der Waals surface area contributed by atoms with E-state index < -0.39 is 25.1 Å². The number of hydrogen-bond acceptors (Lipinski definition) is 6. The van der Waals surface area contributed by atoms with Gasteiger partial charge in [-0.15, -0.1) is 11.3 Å². The largest absolute Gasteiger partial charge is 0.384 e. The predicted octanol–water partition coefficient (Wildman–Crippen LogP) is 1.30. The Labute approximate surface area is 121 Å². The van der Waals surface area contributed by atoms with Crippen molar-refractivity contribution in [1.29, 1.82) is 0 Å². The highest BCUT2D eigenvalue weighted by atomic mass is 35.7. The minimum absolute atomic E-state index is 0.00731. The number of rotatable bonds is 7. The Morgan fingerprint density at radius 1 is 1.37 bits per heavy atom. The van der Waals surface area contributed by atoms with Gasteiger partial charge in [-0.3, -0.25) is 0 Å². The number of nitrogens with one attached hydrogen (secondary N) is 1. The zero-order valence-corrected chi connectivity index (χ0v) is 13.5. The first-order valence-electron chi connectivity index (χ1n) is 5.19. The number of hydrogen-bond donors (Lipinski definition) is 1. The summed E-state index contributed by atoms with van der Waals surface area (Å²) >= 11 is 0.934. The smallest absolute Gasteiger partial charge is 0.270 e. The van der Waals surface area contributed by atoms with E-state index in [0.29, 0.717) is 4.88 Å². The van der Waals surface area contributed by atoms with E-state index in [9.17, 15) is 16.8 Å². The van der Waals surface area contributed by atoms with Gasteiger partial charge >= 0.3 is 0 Å². The topological polar surface area (TPSA) is 89.5 Å². The molecule has 0 saturated heterocycles. The van der Waals surface area contributed by atoms with Crippen molar-refractivity contribution in [2.75, 3.05) is 19.5 Å². The first kappa shape index (κ1) is 16.9. The fourth-order valence-corrected chi connectivity index (χ4v) is 4.62. The molecule has 0 spiro atoms. The molecule has 0 fully saturated rings. The van der Waals surface area contributed by atoms with Gasteiger partial charge in [-0.05, 0) is 19.1 Å². The molecule has 110 valence electrons. The van der Waals surface area contributed by atoms with Crippen molar-refractivity contribution in [3.8, 4) is 0 Å². The number of thiophene rings is 1. The molecule has 1 N–H and O–H groups in total. The van der Waals surface area contributed by atoms with Crippen molar-refractivity contribution in [2.24, 2.45) is 0 Å². The van der Waals surface area contributed by atoms with Crippen LogP contribution in [0.3, 0.4) is 0 Å². The number of halogens is 1. The first-order valence-corrected chi connectivity index (χ1v) is 9.97. The fourth-order valence-electron chi connectivity index (χ4n) is 1.28. The molecule has 0 amide bonds. The van der Waals surface area contributed by atoms with Crippen molar-refractivity contribution < 1.29 is 21.6 Å². The summed E-state index contributed by atoms with van der Waals surface area (Å²) in [6.45, 7) is 1.72. The van der Waals surface area contributed by atoms with Crippen LogP contribution in [-0.2, 0) is 23.8 Å². The maximum Gasteiger partial charge on any atom is 0.270 e. The Bertz CT molecular complexity index is 622. The summed E-state index contributed by atoms with van der Waals surface area (Å²) in [5.41, 5.74) is 0. The van der Waals surface area contributed by atoms with E-state index in [0.717, 1.165) is 11.3 Å². The summed E-state index contributed by atoms with van der Waals surface area (Å²) in [7, 11) is -0.630. The molecule has 1 aromatic heterocycles. The molecule has 1 heterocycles. The second-order valence-corrected chi connectivity index (χ2v) is 9.53. The van der Waals surface area contributed by atoms with Crippen LogP contribution in [0.2, 0.25) is 0 Å². The highest BCUT2D eigenvalue weighted by molar-refractivity contribution is 8.15. The average Bonchev–Trinajstić information content (AvgIpc) is 2.74. The molecule has 0 aliphatic rings. The highest BCUT2D eigenvalue weighted by Crippen LogP contribution is 2.29. The second-order valence-electron chi connectivity index (χ2n) is 3.75. The van der Waals surface area contributed by atoms with Crippen LogP contribution < -0.4 is 4.72 Å². The van der Waals surface area contributed by atoms with Gasteiger partial charge in [0.2, 0.25) is 10.0 Å². The standard InChI is InChI=1S/C9H14ClNO5S3/c1-7(11-18(12,13)6-5-16-2)8-3-4-9(17-8)19(10,14)15/h3-4,7,11H,5-6H2,1-2H3. The minimum atomic E-state index is -3.78. The lowest BCUT2D eigenvalue weighted by Gasteiger charge is -2.12. The van der Waals surface area contributed by atoms with Gasteiger partial charge < -0.3 is 4.74 Å². The third kappa shape index (κ3) is 5.36. The molecule has 1 aromatic rings. The van der Waals surface area contributed by atoms with Gasteiger partial charge in [0, 0.05) is 22.7 Å². The van der Waals surface area contributed by atoms with E-state index >= 15 is 0 Å². The Morgan fingerprint density at radius 3 is 2.47 bits per heavy atom. The van der Waals surface area contributed by atoms with Gasteiger partial charge in [-0.1, -0.05) is 0 Å². The summed E-state index contributed by atoms with van der Waals surface area (Å²) in [5.74, 6) is -0.153. The van der Waals surface area contributed by atoms with Crippen LogP contribution in [-0.4, -0.2) is 36.3 Å².